The Bertz CT molecular complexity index is 584. The second-order valence-corrected chi connectivity index (χ2v) is 5.17. The second-order valence-electron chi connectivity index (χ2n) is 4.83. The standard InChI is InChI=1S/C15H17ClN4O/c16-15-17-6-5-14(19-15)18-11-12-1-3-13(4-2-12)20-7-9-21-10-8-20/h1-6H,7-11H2,(H,17,18,19). The molecule has 21 heavy (non-hydrogen) atoms. The SMILES string of the molecule is Clc1nccc(NCc2ccc(N3CCOCC3)cc2)n1. The molecule has 0 bridgehead atoms. The van der Waals surface area contributed by atoms with Gasteiger partial charge in [0.25, 0.3) is 0 Å². The molecule has 0 radical (unpaired) electrons. The molecule has 5 nitrogen and oxygen atoms in total. The van der Waals surface area contributed by atoms with Crippen LogP contribution in [0.3, 0.4) is 0 Å². The van der Waals surface area contributed by atoms with Gasteiger partial charge in [-0.05, 0) is 35.4 Å². The minimum absolute atomic E-state index is 0.252. The van der Waals surface area contributed by atoms with E-state index >= 15 is 0 Å². The minimum Gasteiger partial charge on any atom is -0.378 e. The summed E-state index contributed by atoms with van der Waals surface area (Å²) in [6, 6.07) is 10.3. The summed E-state index contributed by atoms with van der Waals surface area (Å²) < 4.78 is 5.37. The van der Waals surface area contributed by atoms with Crippen molar-refractivity contribution < 1.29 is 4.74 Å². The summed E-state index contributed by atoms with van der Waals surface area (Å²) in [5, 5.41) is 3.48. The van der Waals surface area contributed by atoms with Crippen LogP contribution in [0, 0.1) is 0 Å². The number of nitrogens with one attached hydrogen (secondary N) is 1. The molecule has 0 saturated carbocycles. The Balaban J connectivity index is 1.59. The van der Waals surface area contributed by atoms with Gasteiger partial charge < -0.3 is 15.0 Å². The highest BCUT2D eigenvalue weighted by Gasteiger charge is 2.10. The van der Waals surface area contributed by atoms with Gasteiger partial charge in [-0.15, -0.1) is 0 Å². The zero-order valence-corrected chi connectivity index (χ0v) is 12.4. The van der Waals surface area contributed by atoms with E-state index in [1.807, 2.05) is 0 Å². The van der Waals surface area contributed by atoms with Gasteiger partial charge in [-0.3, -0.25) is 0 Å². The predicted octanol–water partition coefficient (Wildman–Crippen LogP) is 2.58. The lowest BCUT2D eigenvalue weighted by molar-refractivity contribution is 0.122. The van der Waals surface area contributed by atoms with E-state index in [2.05, 4.69) is 44.5 Å². The Hall–Kier alpha value is -1.85. The third kappa shape index (κ3) is 3.83. The monoisotopic (exact) mass is 304 g/mol. The van der Waals surface area contributed by atoms with Crippen molar-refractivity contribution in [1.29, 1.82) is 0 Å². The molecular weight excluding hydrogens is 288 g/mol. The second kappa shape index (κ2) is 6.74. The first-order valence-corrected chi connectivity index (χ1v) is 7.33. The highest BCUT2D eigenvalue weighted by Crippen LogP contribution is 2.17. The number of nitrogens with zero attached hydrogens (tertiary/aromatic N) is 3. The minimum atomic E-state index is 0.252. The first-order chi connectivity index (χ1) is 10.3. The lowest BCUT2D eigenvalue weighted by Crippen LogP contribution is -2.36. The van der Waals surface area contributed by atoms with Crippen molar-refractivity contribution in [2.24, 2.45) is 0 Å². The van der Waals surface area contributed by atoms with Gasteiger partial charge in [0.15, 0.2) is 0 Å². The van der Waals surface area contributed by atoms with Gasteiger partial charge in [0.1, 0.15) is 5.82 Å². The van der Waals surface area contributed by atoms with Crippen LogP contribution in [0.25, 0.3) is 0 Å². The number of hydrogen-bond acceptors (Lipinski definition) is 5. The van der Waals surface area contributed by atoms with E-state index in [1.165, 1.54) is 11.3 Å². The van der Waals surface area contributed by atoms with E-state index in [-0.39, 0.29) is 5.28 Å². The molecule has 1 fully saturated rings. The number of morpholine rings is 1. The van der Waals surface area contributed by atoms with Crippen LogP contribution in [0.5, 0.6) is 0 Å². The average molecular weight is 305 g/mol. The van der Waals surface area contributed by atoms with Crippen molar-refractivity contribution in [1.82, 2.24) is 9.97 Å². The molecule has 110 valence electrons. The fraction of sp³-hybridized carbons (Fsp3) is 0.333. The Morgan fingerprint density at radius 1 is 1.14 bits per heavy atom. The lowest BCUT2D eigenvalue weighted by Gasteiger charge is -2.28. The molecule has 0 atom stereocenters. The number of halogens is 1. The van der Waals surface area contributed by atoms with Crippen molar-refractivity contribution in [3.05, 3.63) is 47.4 Å². The summed E-state index contributed by atoms with van der Waals surface area (Å²) in [5.74, 6) is 0.729. The topological polar surface area (TPSA) is 50.3 Å². The molecule has 0 aliphatic carbocycles. The molecule has 1 saturated heterocycles. The van der Waals surface area contributed by atoms with E-state index in [9.17, 15) is 0 Å². The molecule has 1 aromatic heterocycles. The van der Waals surface area contributed by atoms with Crippen LogP contribution in [0.15, 0.2) is 36.5 Å². The maximum absolute atomic E-state index is 5.76. The Kier molecular flexibility index (Phi) is 4.52. The van der Waals surface area contributed by atoms with Crippen LogP contribution in [-0.2, 0) is 11.3 Å². The number of aromatic nitrogens is 2. The number of rotatable bonds is 4. The summed E-state index contributed by atoms with van der Waals surface area (Å²) in [7, 11) is 0. The molecule has 3 rings (SSSR count). The molecule has 1 aromatic carbocycles. The van der Waals surface area contributed by atoms with Crippen LogP contribution < -0.4 is 10.2 Å². The Morgan fingerprint density at radius 3 is 2.62 bits per heavy atom. The molecule has 1 aliphatic rings. The molecule has 1 N–H and O–H groups in total. The summed E-state index contributed by atoms with van der Waals surface area (Å²) >= 11 is 5.76. The Morgan fingerprint density at radius 2 is 1.90 bits per heavy atom. The highest BCUT2D eigenvalue weighted by atomic mass is 35.5. The lowest BCUT2D eigenvalue weighted by atomic mass is 10.2. The van der Waals surface area contributed by atoms with Crippen molar-refractivity contribution in [3.63, 3.8) is 0 Å². The number of anilines is 2. The van der Waals surface area contributed by atoms with Gasteiger partial charge in [-0.2, -0.15) is 0 Å². The number of ether oxygens (including phenoxy) is 1. The molecule has 1 aliphatic heterocycles. The fourth-order valence-electron chi connectivity index (χ4n) is 2.27. The van der Waals surface area contributed by atoms with Gasteiger partial charge >= 0.3 is 0 Å². The maximum Gasteiger partial charge on any atom is 0.224 e. The summed E-state index contributed by atoms with van der Waals surface area (Å²) in [4.78, 5) is 10.3. The van der Waals surface area contributed by atoms with Crippen molar-refractivity contribution >= 4 is 23.1 Å². The van der Waals surface area contributed by atoms with Gasteiger partial charge in [-0.1, -0.05) is 12.1 Å². The normalized spacial score (nSPS) is 15.0. The quantitative estimate of drug-likeness (QED) is 0.880. The van der Waals surface area contributed by atoms with Crippen molar-refractivity contribution in [2.45, 2.75) is 6.54 Å². The highest BCUT2D eigenvalue weighted by molar-refractivity contribution is 6.28. The Labute approximate surface area is 128 Å². The van der Waals surface area contributed by atoms with E-state index in [1.54, 1.807) is 12.3 Å². The predicted molar refractivity (Wildman–Crippen MR) is 83.8 cm³/mol. The molecule has 0 amide bonds. The summed E-state index contributed by atoms with van der Waals surface area (Å²) in [5.41, 5.74) is 2.44. The van der Waals surface area contributed by atoms with E-state index < -0.39 is 0 Å². The first-order valence-electron chi connectivity index (χ1n) is 6.95. The third-order valence-corrected chi connectivity index (χ3v) is 3.59. The first kappa shape index (κ1) is 14.1. The molecule has 2 aromatic rings. The zero-order valence-electron chi connectivity index (χ0n) is 11.6. The van der Waals surface area contributed by atoms with Crippen molar-refractivity contribution in [2.75, 3.05) is 36.5 Å². The summed E-state index contributed by atoms with van der Waals surface area (Å²) in [6.07, 6.45) is 1.64. The van der Waals surface area contributed by atoms with Gasteiger partial charge in [0, 0.05) is 31.5 Å². The van der Waals surface area contributed by atoms with Gasteiger partial charge in [0.05, 0.1) is 13.2 Å². The number of hydrogen-bond donors (Lipinski definition) is 1. The largest absolute Gasteiger partial charge is 0.378 e. The van der Waals surface area contributed by atoms with Gasteiger partial charge in [0.2, 0.25) is 5.28 Å². The maximum atomic E-state index is 5.76. The molecule has 2 heterocycles. The van der Waals surface area contributed by atoms with Gasteiger partial charge in [-0.25, -0.2) is 9.97 Å². The smallest absolute Gasteiger partial charge is 0.224 e. The van der Waals surface area contributed by atoms with E-state index in [0.29, 0.717) is 6.54 Å². The van der Waals surface area contributed by atoms with E-state index in [4.69, 9.17) is 16.3 Å². The average Bonchev–Trinajstić information content (AvgIpc) is 2.54. The molecular formula is C15H17ClN4O. The van der Waals surface area contributed by atoms with Crippen LogP contribution in [0.4, 0.5) is 11.5 Å². The van der Waals surface area contributed by atoms with E-state index in [0.717, 1.165) is 32.1 Å². The molecule has 0 unspecified atom stereocenters. The van der Waals surface area contributed by atoms with Crippen LogP contribution in [0.2, 0.25) is 5.28 Å². The van der Waals surface area contributed by atoms with Crippen molar-refractivity contribution in [3.8, 4) is 0 Å². The molecule has 0 spiro atoms. The third-order valence-electron chi connectivity index (χ3n) is 3.41. The van der Waals surface area contributed by atoms with Crippen LogP contribution in [0.1, 0.15) is 5.56 Å². The molecule has 6 heteroatoms. The zero-order chi connectivity index (χ0) is 14.5. The summed E-state index contributed by atoms with van der Waals surface area (Å²) in [6.45, 7) is 4.22. The fourth-order valence-corrected chi connectivity index (χ4v) is 2.42. The number of benzene rings is 1. The van der Waals surface area contributed by atoms with Crippen LogP contribution in [-0.4, -0.2) is 36.3 Å². The van der Waals surface area contributed by atoms with Crippen LogP contribution >= 0.6 is 11.6 Å².